The molecule has 250 valence electrons. The van der Waals surface area contributed by atoms with Crippen LogP contribution in [-0.4, -0.2) is 79.4 Å². The quantitative estimate of drug-likeness (QED) is 0.105. The molecule has 10 heteroatoms. The van der Waals surface area contributed by atoms with Gasteiger partial charge >= 0.3 is 6.16 Å². The molecule has 2 unspecified atom stereocenters. The lowest BCUT2D eigenvalue weighted by molar-refractivity contribution is -0.201. The predicted molar refractivity (Wildman–Crippen MR) is 183 cm³/mol. The van der Waals surface area contributed by atoms with E-state index in [9.17, 15) is 9.90 Å². The molecule has 0 saturated carbocycles. The van der Waals surface area contributed by atoms with Crippen molar-refractivity contribution in [1.82, 2.24) is 9.80 Å². The Labute approximate surface area is 274 Å². The van der Waals surface area contributed by atoms with E-state index in [-0.39, 0.29) is 0 Å². The van der Waals surface area contributed by atoms with Crippen LogP contribution in [0.3, 0.4) is 0 Å². The van der Waals surface area contributed by atoms with Crippen molar-refractivity contribution in [2.24, 2.45) is 4.99 Å². The van der Waals surface area contributed by atoms with Crippen molar-refractivity contribution in [3.63, 3.8) is 0 Å². The SMILES string of the molecule is CCCCCCCCCCCCCCOC(=O)OC(C)OC(O)N1c2ccccc2N=C(N2CCN(C)CC2)c2cc(C)sc21. The number of piperazine rings is 1. The van der Waals surface area contributed by atoms with Crippen LogP contribution in [0.5, 0.6) is 0 Å². The molecule has 0 amide bonds. The van der Waals surface area contributed by atoms with Gasteiger partial charge in [0, 0.05) is 31.1 Å². The smallest absolute Gasteiger partial charge is 0.434 e. The van der Waals surface area contributed by atoms with Crippen LogP contribution in [0.15, 0.2) is 35.3 Å². The fourth-order valence-electron chi connectivity index (χ4n) is 5.89. The molecule has 1 aromatic carbocycles. The first kappa shape index (κ1) is 35.2. The van der Waals surface area contributed by atoms with Gasteiger partial charge in [-0.3, -0.25) is 9.64 Å². The third kappa shape index (κ3) is 10.7. The molecular formula is C35H54N4O5S. The van der Waals surface area contributed by atoms with E-state index in [1.807, 2.05) is 24.3 Å². The molecule has 9 nitrogen and oxygen atoms in total. The average Bonchev–Trinajstić information content (AvgIpc) is 3.33. The lowest BCUT2D eigenvalue weighted by atomic mass is 10.1. The van der Waals surface area contributed by atoms with E-state index in [0.29, 0.717) is 6.61 Å². The van der Waals surface area contributed by atoms with Crippen molar-refractivity contribution < 1.29 is 24.1 Å². The largest absolute Gasteiger partial charge is 0.510 e. The number of hydrogen-bond donors (Lipinski definition) is 1. The molecule has 0 radical (unpaired) electrons. The number of aliphatic imine (C=N–C) groups is 1. The van der Waals surface area contributed by atoms with Crippen molar-refractivity contribution in [2.45, 2.75) is 111 Å². The second-order valence-corrected chi connectivity index (χ2v) is 13.5. The fraction of sp³-hybridized carbons (Fsp3) is 0.657. The van der Waals surface area contributed by atoms with Crippen molar-refractivity contribution >= 4 is 39.7 Å². The summed E-state index contributed by atoms with van der Waals surface area (Å²) < 4.78 is 16.5. The number of carbonyl (C=O) groups is 1. The topological polar surface area (TPSA) is 87.1 Å². The standard InChI is InChI=1S/C35H54N4O5S/c1-5-6-7-8-9-10-11-12-13-14-15-18-25-42-35(41)44-28(3)43-34(40)39-31-20-17-16-19-30(31)36-32(29-26-27(2)45-33(29)39)38-23-21-37(4)22-24-38/h16-17,19-20,26,28,34,40H,5-15,18,21-25H2,1-4H3. The molecule has 2 aliphatic rings. The summed E-state index contributed by atoms with van der Waals surface area (Å²) in [5.41, 5.74) is 2.42. The van der Waals surface area contributed by atoms with Crippen LogP contribution >= 0.6 is 11.3 Å². The van der Waals surface area contributed by atoms with Crippen molar-refractivity contribution in [3.8, 4) is 0 Å². The van der Waals surface area contributed by atoms with Gasteiger partial charge in [-0.25, -0.2) is 9.79 Å². The van der Waals surface area contributed by atoms with E-state index in [1.54, 1.807) is 23.2 Å². The number of thiophene rings is 1. The third-order valence-electron chi connectivity index (χ3n) is 8.48. The minimum absolute atomic E-state index is 0.315. The minimum Gasteiger partial charge on any atom is -0.434 e. The molecular weight excluding hydrogens is 588 g/mol. The zero-order valence-corrected chi connectivity index (χ0v) is 28.7. The van der Waals surface area contributed by atoms with Crippen LogP contribution in [0.2, 0.25) is 0 Å². The van der Waals surface area contributed by atoms with Crippen LogP contribution in [-0.2, 0) is 14.2 Å². The van der Waals surface area contributed by atoms with Gasteiger partial charge in [-0.05, 0) is 45.5 Å². The Morgan fingerprint density at radius 3 is 2.24 bits per heavy atom. The number of aliphatic hydroxyl groups excluding tert-OH is 1. The summed E-state index contributed by atoms with van der Waals surface area (Å²) in [5, 5.41) is 12.3. The van der Waals surface area contributed by atoms with Crippen LogP contribution in [0.4, 0.5) is 21.2 Å². The van der Waals surface area contributed by atoms with E-state index < -0.39 is 18.9 Å². The van der Waals surface area contributed by atoms with Crippen LogP contribution < -0.4 is 4.90 Å². The summed E-state index contributed by atoms with van der Waals surface area (Å²) in [4.78, 5) is 24.9. The summed E-state index contributed by atoms with van der Waals surface area (Å²) in [6, 6.07) is 9.85. The second-order valence-electron chi connectivity index (χ2n) is 12.3. The number of likely N-dealkylation sites (N-methyl/N-ethyl adjacent to an activating group) is 1. The summed E-state index contributed by atoms with van der Waals surface area (Å²) in [6.45, 7) is 9.87. The number of rotatable bonds is 17. The Kier molecular flexibility index (Phi) is 14.5. The second kappa shape index (κ2) is 18.5. The number of ether oxygens (including phenoxy) is 3. The number of para-hydroxylation sites is 2. The maximum Gasteiger partial charge on any atom is 0.510 e. The predicted octanol–water partition coefficient (Wildman–Crippen LogP) is 8.33. The monoisotopic (exact) mass is 642 g/mol. The third-order valence-corrected chi connectivity index (χ3v) is 9.53. The number of benzene rings is 1. The van der Waals surface area contributed by atoms with Gasteiger partial charge in [0.25, 0.3) is 0 Å². The van der Waals surface area contributed by atoms with Gasteiger partial charge in [-0.1, -0.05) is 89.7 Å². The Balaban J connectivity index is 1.24. The van der Waals surface area contributed by atoms with E-state index in [1.165, 1.54) is 57.8 Å². The molecule has 2 atom stereocenters. The molecule has 1 fully saturated rings. The zero-order chi connectivity index (χ0) is 32.0. The molecule has 1 saturated heterocycles. The molecule has 4 rings (SSSR count). The highest BCUT2D eigenvalue weighted by atomic mass is 32.1. The highest BCUT2D eigenvalue weighted by molar-refractivity contribution is 7.16. The first-order valence-electron chi connectivity index (χ1n) is 17.1. The number of amidine groups is 1. The van der Waals surface area contributed by atoms with Gasteiger partial charge < -0.3 is 24.4 Å². The van der Waals surface area contributed by atoms with Crippen LogP contribution in [0, 0.1) is 6.92 Å². The summed E-state index contributed by atoms with van der Waals surface area (Å²) in [6.07, 6.45) is 11.7. The van der Waals surface area contributed by atoms with Crippen molar-refractivity contribution in [1.29, 1.82) is 0 Å². The number of aliphatic hydroxyl groups is 1. The van der Waals surface area contributed by atoms with Crippen LogP contribution in [0.25, 0.3) is 0 Å². The number of aryl methyl sites for hydroxylation is 1. The lowest BCUT2D eigenvalue weighted by Gasteiger charge is -2.34. The summed E-state index contributed by atoms with van der Waals surface area (Å²) in [5.74, 6) is 0.898. The Bertz CT molecular complexity index is 1210. The van der Waals surface area contributed by atoms with Gasteiger partial charge in [-0.2, -0.15) is 0 Å². The van der Waals surface area contributed by atoms with Gasteiger partial charge in [-0.15, -0.1) is 11.3 Å². The summed E-state index contributed by atoms with van der Waals surface area (Å²) >= 11 is 1.57. The first-order valence-corrected chi connectivity index (χ1v) is 17.9. The van der Waals surface area contributed by atoms with Crippen molar-refractivity contribution in [3.05, 3.63) is 40.8 Å². The van der Waals surface area contributed by atoms with Gasteiger partial charge in [0.2, 0.25) is 12.7 Å². The number of fused-ring (bicyclic) bond motifs is 2. The fourth-order valence-corrected chi connectivity index (χ4v) is 6.92. The van der Waals surface area contributed by atoms with Crippen molar-refractivity contribution in [2.75, 3.05) is 44.7 Å². The van der Waals surface area contributed by atoms with Gasteiger partial charge in [0.1, 0.15) is 10.8 Å². The molecule has 3 heterocycles. The van der Waals surface area contributed by atoms with E-state index in [2.05, 4.69) is 36.8 Å². The molecule has 0 aliphatic carbocycles. The number of nitrogens with zero attached hydrogens (tertiary/aromatic N) is 4. The minimum atomic E-state index is -1.41. The zero-order valence-electron chi connectivity index (χ0n) is 27.8. The van der Waals surface area contributed by atoms with E-state index in [0.717, 1.165) is 78.1 Å². The number of unbranched alkanes of at least 4 members (excludes halogenated alkanes) is 11. The molecule has 0 spiro atoms. The highest BCUT2D eigenvalue weighted by Gasteiger charge is 2.33. The van der Waals surface area contributed by atoms with E-state index in [4.69, 9.17) is 19.2 Å². The van der Waals surface area contributed by atoms with E-state index >= 15 is 0 Å². The molecule has 1 N–H and O–H groups in total. The molecule has 45 heavy (non-hydrogen) atoms. The average molecular weight is 643 g/mol. The molecule has 2 aliphatic heterocycles. The number of hydrogen-bond acceptors (Lipinski definition) is 10. The molecule has 2 aromatic rings. The van der Waals surface area contributed by atoms with Gasteiger partial charge in [0.15, 0.2) is 0 Å². The number of carbonyl (C=O) groups excluding carboxylic acids is 1. The number of anilines is 2. The maximum absolute atomic E-state index is 12.4. The molecule has 1 aromatic heterocycles. The summed E-state index contributed by atoms with van der Waals surface area (Å²) in [7, 11) is 2.13. The lowest BCUT2D eigenvalue weighted by Crippen LogP contribution is -2.47. The van der Waals surface area contributed by atoms with Crippen LogP contribution in [0.1, 0.15) is 101 Å². The Morgan fingerprint density at radius 2 is 1.58 bits per heavy atom. The Morgan fingerprint density at radius 1 is 0.956 bits per heavy atom. The van der Waals surface area contributed by atoms with Gasteiger partial charge in [0.05, 0.1) is 23.5 Å². The maximum atomic E-state index is 12.4. The normalized spacial score (nSPS) is 16.4. The first-order chi connectivity index (χ1) is 21.9. The Hall–Kier alpha value is -2.66. The molecule has 0 bridgehead atoms. The highest BCUT2D eigenvalue weighted by Crippen LogP contribution is 2.45.